The standard InChI is InChI=1S/C20H23NO4.C18H19NO4.C15H20ClNO3.C15H21NO4.C14H25NO3.C11H13NO4.CH4.4H2/c22-18-9-6-5-8-17(18)20(25)21-16-13-11-15(12-14-16)7-3-1-2-4-10-19(23)24;1-23-16-7-3-2-6-15(16)18(22)19-14-11-9-13(10-12-14)5-4-8-17(20)21;16-13-9-6-5-8-12(13)15(20)17-11-7-3-1-2-4-10-14(18)19;17-13-9-6-5-8-12(13)15(20)16-11-7-3-1-2-4-10-14(18)19;16-13(17)10-6-3-7-11-15-14(18)12-8-4-1-2-5-9-12;13-9-5-2-1-4-8(9)11(16)12-7-3-6-10(14)15;;;;;/h5-6,8-9,11-14,22H,1-4,7,10H2,(H,21,25)(H,23,24);2-3,6-7,9-12H,4-5,8H2,1H3,(H,19,22)(H,20,21);5-6,8-9H,1-4,7,10-11H2,(H,17,20)(H,18,19);5-6,8-9,17H,1-4,7,10-11H2,(H,16,20)(H,18,19);12H,1-11H2,(H,15,18)(H,16,17);1-2,4-5,13H,3,6-7H2,(H,12,16)(H,14,15);1H4;4*1H. The maximum atomic E-state index is 12.3. The van der Waals surface area contributed by atoms with Crippen molar-refractivity contribution in [3.63, 3.8) is 0 Å². The Morgan fingerprint density at radius 3 is 1.02 bits per heavy atom. The number of halogens is 1. The van der Waals surface area contributed by atoms with Gasteiger partial charge in [0.05, 0.1) is 39.9 Å². The van der Waals surface area contributed by atoms with Crippen LogP contribution in [0, 0.1) is 5.92 Å². The van der Waals surface area contributed by atoms with Crippen LogP contribution in [-0.2, 0) is 46.4 Å². The molecule has 0 saturated heterocycles. The van der Waals surface area contributed by atoms with Gasteiger partial charge in [-0.3, -0.25) is 57.5 Å². The molecule has 0 unspecified atom stereocenters. The number of phenolic OH excluding ortho intramolecular Hbond substituents is 3. The molecule has 28 nitrogen and oxygen atoms in total. The summed E-state index contributed by atoms with van der Waals surface area (Å²) < 4.78 is 5.18. The number of rotatable bonds is 46. The molecule has 0 bridgehead atoms. The number of carbonyl (C=O) groups is 12. The van der Waals surface area contributed by atoms with Crippen molar-refractivity contribution in [1.29, 1.82) is 0 Å². The van der Waals surface area contributed by atoms with E-state index in [-0.39, 0.29) is 128 Å². The Hall–Kier alpha value is -12.3. The van der Waals surface area contributed by atoms with E-state index in [1.165, 1.54) is 62.6 Å². The number of nitrogens with one attached hydrogen (secondary N) is 6. The summed E-state index contributed by atoms with van der Waals surface area (Å²) in [5, 5.41) is 96.8. The molecule has 29 heteroatoms. The van der Waals surface area contributed by atoms with Gasteiger partial charge in [-0.1, -0.05) is 187 Å². The Balaban J connectivity index is -0.00000145. The van der Waals surface area contributed by atoms with Gasteiger partial charge in [0, 0.05) is 87.7 Å². The van der Waals surface area contributed by atoms with Crippen molar-refractivity contribution < 1.29 is 114 Å². The number of aliphatic carboxylic acids is 6. The molecule has 1 fully saturated rings. The van der Waals surface area contributed by atoms with Crippen molar-refractivity contribution in [3.05, 3.63) is 214 Å². The zero-order chi connectivity index (χ0) is 89.5. The van der Waals surface area contributed by atoms with Gasteiger partial charge < -0.3 is 82.6 Å². The van der Waals surface area contributed by atoms with Crippen LogP contribution in [0.25, 0.3) is 0 Å². The number of anilines is 2. The van der Waals surface area contributed by atoms with Gasteiger partial charge in [-0.2, -0.15) is 0 Å². The highest BCUT2D eigenvalue weighted by atomic mass is 35.5. The molecule has 123 heavy (non-hydrogen) atoms. The largest absolute Gasteiger partial charge is 0.507 e. The third-order valence-electron chi connectivity index (χ3n) is 19.0. The molecular formula is C94H133ClN6O22. The van der Waals surface area contributed by atoms with Crippen LogP contribution in [0.5, 0.6) is 23.0 Å². The fourth-order valence-corrected chi connectivity index (χ4v) is 12.5. The quantitative estimate of drug-likeness (QED) is 0.0124. The third-order valence-corrected chi connectivity index (χ3v) is 19.3. The van der Waals surface area contributed by atoms with Crippen LogP contribution in [0.3, 0.4) is 0 Å². The van der Waals surface area contributed by atoms with E-state index in [9.17, 15) is 72.9 Å². The summed E-state index contributed by atoms with van der Waals surface area (Å²) in [6.07, 6.45) is 25.7. The number of ether oxygens (including phenoxy) is 1. The second-order valence-corrected chi connectivity index (χ2v) is 29.3. The van der Waals surface area contributed by atoms with Crippen LogP contribution in [0.2, 0.25) is 5.02 Å². The summed E-state index contributed by atoms with van der Waals surface area (Å²) in [6, 6.07) is 48.1. The van der Waals surface area contributed by atoms with Crippen molar-refractivity contribution in [2.75, 3.05) is 43.9 Å². The topological polar surface area (TPSA) is 468 Å². The van der Waals surface area contributed by atoms with Crippen LogP contribution in [-0.4, -0.2) is 151 Å². The van der Waals surface area contributed by atoms with Gasteiger partial charge in [0.1, 0.15) is 23.0 Å². The lowest BCUT2D eigenvalue weighted by Gasteiger charge is -2.13. The summed E-state index contributed by atoms with van der Waals surface area (Å²) in [4.78, 5) is 133. The number of carboxylic acids is 6. The first kappa shape index (κ1) is 107. The third kappa shape index (κ3) is 50.5. The van der Waals surface area contributed by atoms with Gasteiger partial charge in [-0.15, -0.1) is 0 Å². The lowest BCUT2D eigenvalue weighted by molar-refractivity contribution is -0.138. The van der Waals surface area contributed by atoms with Crippen molar-refractivity contribution >= 4 is 94.2 Å². The Kier molecular flexibility index (Phi) is 56.8. The van der Waals surface area contributed by atoms with E-state index in [0.717, 1.165) is 121 Å². The number of unbranched alkanes of at least 4 members (excludes halogenated alkanes) is 13. The molecule has 0 radical (unpaired) electrons. The molecule has 0 spiro atoms. The molecule has 6 amide bonds. The highest BCUT2D eigenvalue weighted by Gasteiger charge is 2.20. The first-order chi connectivity index (χ1) is 58.7. The van der Waals surface area contributed by atoms with Gasteiger partial charge in [-0.25, -0.2) is 0 Å². The predicted molar refractivity (Wildman–Crippen MR) is 483 cm³/mol. The zero-order valence-corrected chi connectivity index (χ0v) is 70.4. The number of aryl methyl sites for hydroxylation is 2. The molecule has 0 aliphatic heterocycles. The van der Waals surface area contributed by atoms with Crippen molar-refractivity contribution in [1.82, 2.24) is 21.3 Å². The molecule has 15 N–H and O–H groups in total. The molecule has 0 atom stereocenters. The van der Waals surface area contributed by atoms with E-state index in [0.29, 0.717) is 85.0 Å². The number of aromatic hydroxyl groups is 3. The second kappa shape index (κ2) is 65.4. The minimum atomic E-state index is -0.892. The van der Waals surface area contributed by atoms with Crippen LogP contribution in [0.4, 0.5) is 11.4 Å². The first-order valence-corrected chi connectivity index (χ1v) is 42.0. The molecule has 1 aliphatic rings. The number of benzene rings is 7. The monoisotopic (exact) mass is 1730 g/mol. The van der Waals surface area contributed by atoms with Gasteiger partial charge in [0.25, 0.3) is 29.5 Å². The smallest absolute Gasteiger partial charge is 0.303 e. The fraction of sp³-hybridized carbons (Fsp3) is 0.426. The van der Waals surface area contributed by atoms with E-state index in [4.69, 9.17) is 47.0 Å². The molecule has 7 aromatic carbocycles. The highest BCUT2D eigenvalue weighted by molar-refractivity contribution is 6.33. The molecular weight excluding hydrogens is 1600 g/mol. The summed E-state index contributed by atoms with van der Waals surface area (Å²) in [5.41, 5.74) is 5.28. The van der Waals surface area contributed by atoms with Crippen LogP contribution in [0.1, 0.15) is 275 Å². The number of methoxy groups -OCH3 is 1. The molecule has 0 aromatic heterocycles. The lowest BCUT2D eigenvalue weighted by Crippen LogP contribution is -2.31. The molecule has 1 saturated carbocycles. The number of phenols is 3. The zero-order valence-electron chi connectivity index (χ0n) is 69.6. The average molecular weight is 1730 g/mol. The number of amides is 6. The van der Waals surface area contributed by atoms with E-state index < -0.39 is 41.7 Å². The number of carboxylic acid groups (broad SMARTS) is 6. The minimum absolute atomic E-state index is 0. The lowest BCUT2D eigenvalue weighted by atomic mass is 9.99. The Labute approximate surface area is 732 Å². The minimum Gasteiger partial charge on any atom is -0.507 e. The molecule has 678 valence electrons. The van der Waals surface area contributed by atoms with E-state index in [1.54, 1.807) is 91.0 Å². The van der Waals surface area contributed by atoms with Crippen molar-refractivity contribution in [3.8, 4) is 23.0 Å². The highest BCUT2D eigenvalue weighted by Crippen LogP contribution is 2.26. The van der Waals surface area contributed by atoms with E-state index in [1.807, 2.05) is 54.6 Å². The van der Waals surface area contributed by atoms with Gasteiger partial charge in [0.15, 0.2) is 0 Å². The summed E-state index contributed by atoms with van der Waals surface area (Å²) in [7, 11) is 1.53. The molecule has 7 aromatic rings. The normalized spacial score (nSPS) is 11.1. The maximum absolute atomic E-state index is 12.3. The van der Waals surface area contributed by atoms with Crippen LogP contribution >= 0.6 is 11.6 Å². The summed E-state index contributed by atoms with van der Waals surface area (Å²) in [6.45, 7) is 2.14. The number of carbonyl (C=O) groups excluding carboxylic acids is 6. The Morgan fingerprint density at radius 1 is 0.325 bits per heavy atom. The fourth-order valence-electron chi connectivity index (χ4n) is 12.3. The second-order valence-electron chi connectivity index (χ2n) is 28.9. The number of hydrogen-bond acceptors (Lipinski definition) is 16. The maximum Gasteiger partial charge on any atom is 0.303 e. The van der Waals surface area contributed by atoms with Crippen LogP contribution in [0.15, 0.2) is 170 Å². The first-order valence-electron chi connectivity index (χ1n) is 41.6. The number of para-hydroxylation sites is 4. The summed E-state index contributed by atoms with van der Waals surface area (Å²) >= 11 is 5.93. The van der Waals surface area contributed by atoms with Gasteiger partial charge >= 0.3 is 35.8 Å². The van der Waals surface area contributed by atoms with E-state index in [2.05, 4.69) is 31.9 Å². The predicted octanol–water partition coefficient (Wildman–Crippen LogP) is 18.9. The van der Waals surface area contributed by atoms with Crippen molar-refractivity contribution in [2.45, 2.75) is 219 Å². The van der Waals surface area contributed by atoms with Gasteiger partial charge in [0.2, 0.25) is 5.91 Å². The SMILES string of the molecule is C.COc1ccccc1C(=O)Nc1ccc(CCCC(=O)O)cc1.O=C(O)CCCCCCCNC(=O)c1ccccc1Cl.O=C(O)CCCCCCCNC(=O)c1ccccc1O.O=C(O)CCCCCCc1ccc(NC(=O)c2ccccc2O)cc1.O=C(O)CCCCCNC(=O)C1CCCCCC1.O=C(O)CCCNC(=O)c1ccccc1O.[HH].[HH].[HH].[HH]. The Bertz CT molecular complexity index is 4250. The number of hydrogen-bond donors (Lipinski definition) is 15. The van der Waals surface area contributed by atoms with E-state index >= 15 is 0 Å². The molecule has 1 aliphatic carbocycles. The Morgan fingerprint density at radius 2 is 0.618 bits per heavy atom. The molecule has 8 rings (SSSR count). The molecule has 0 heterocycles. The van der Waals surface area contributed by atoms with Crippen molar-refractivity contribution in [2.24, 2.45) is 5.92 Å². The van der Waals surface area contributed by atoms with Crippen LogP contribution < -0.4 is 36.6 Å². The summed E-state index contributed by atoms with van der Waals surface area (Å²) in [5.74, 6) is -5.24. The van der Waals surface area contributed by atoms with Gasteiger partial charge in [-0.05, 0) is 186 Å². The average Bonchev–Trinajstić information content (AvgIpc) is 1.39.